The van der Waals surface area contributed by atoms with Crippen LogP contribution in [0.2, 0.25) is 0 Å². The molecule has 202 valence electrons. The van der Waals surface area contributed by atoms with E-state index in [1.54, 1.807) is 45.3 Å². The molecule has 10 heteroatoms. The minimum absolute atomic E-state index is 0.639. The third-order valence-electron chi connectivity index (χ3n) is 6.33. The molecule has 4 nitrogen and oxygen atoms in total. The van der Waals surface area contributed by atoms with E-state index in [0.717, 1.165) is 23.0 Å². The molecule has 0 saturated carbocycles. The standard InChI is InChI=1S/C28H30O4S6/c1(3-5-13-33-21-7-15-35-25(21)27-23-19(17-37-27)29-9-11-31-23)2-4-6-14-34-22-8-16-36-26(22)28-24-20(18-38-28)30-10-12-32-24/h7-8,15-18H,1-6,9-14H2. The fourth-order valence-electron chi connectivity index (χ4n) is 4.47. The van der Waals surface area contributed by atoms with Crippen molar-refractivity contribution in [3.63, 3.8) is 0 Å². The van der Waals surface area contributed by atoms with E-state index in [1.807, 2.05) is 23.5 Å². The maximum Gasteiger partial charge on any atom is 0.180 e. The Morgan fingerprint density at radius 2 is 0.974 bits per heavy atom. The van der Waals surface area contributed by atoms with Gasteiger partial charge in [-0.3, -0.25) is 0 Å². The third-order valence-corrected chi connectivity index (χ3v) is 12.9. The van der Waals surface area contributed by atoms with Gasteiger partial charge >= 0.3 is 0 Å². The van der Waals surface area contributed by atoms with Gasteiger partial charge in [-0.05, 0) is 47.2 Å². The van der Waals surface area contributed by atoms with Crippen LogP contribution < -0.4 is 18.9 Å². The Morgan fingerprint density at radius 3 is 1.47 bits per heavy atom. The van der Waals surface area contributed by atoms with Crippen LogP contribution in [0.5, 0.6) is 23.0 Å². The first-order valence-electron chi connectivity index (χ1n) is 13.0. The Balaban J connectivity index is 0.870. The Labute approximate surface area is 248 Å². The summed E-state index contributed by atoms with van der Waals surface area (Å²) in [6, 6.07) is 4.51. The Kier molecular flexibility index (Phi) is 9.46. The molecule has 0 unspecified atom stereocenters. The average molecular weight is 623 g/mol. The molecule has 38 heavy (non-hydrogen) atoms. The summed E-state index contributed by atoms with van der Waals surface area (Å²) in [6.07, 6.45) is 7.82. The summed E-state index contributed by atoms with van der Waals surface area (Å²) < 4.78 is 23.3. The first-order chi connectivity index (χ1) is 18.9. The lowest BCUT2D eigenvalue weighted by molar-refractivity contribution is 0.174. The zero-order chi connectivity index (χ0) is 25.6. The van der Waals surface area contributed by atoms with Gasteiger partial charge in [0.2, 0.25) is 0 Å². The van der Waals surface area contributed by atoms with E-state index in [1.165, 1.54) is 79.3 Å². The van der Waals surface area contributed by atoms with Crippen molar-refractivity contribution < 1.29 is 18.9 Å². The molecule has 0 atom stereocenters. The van der Waals surface area contributed by atoms with Crippen LogP contribution >= 0.6 is 68.9 Å². The second kappa shape index (κ2) is 13.4. The molecule has 0 bridgehead atoms. The van der Waals surface area contributed by atoms with Gasteiger partial charge in [0.25, 0.3) is 0 Å². The highest BCUT2D eigenvalue weighted by molar-refractivity contribution is 7.99. The number of rotatable bonds is 13. The molecule has 2 aliphatic rings. The topological polar surface area (TPSA) is 36.9 Å². The normalized spacial score (nSPS) is 14.2. The van der Waals surface area contributed by atoms with Crippen LogP contribution in [-0.2, 0) is 0 Å². The molecule has 6 rings (SSSR count). The summed E-state index contributed by atoms with van der Waals surface area (Å²) in [5.41, 5.74) is 0. The van der Waals surface area contributed by atoms with Crippen molar-refractivity contribution >= 4 is 68.9 Å². The number of thiophene rings is 4. The zero-order valence-electron chi connectivity index (χ0n) is 21.0. The molecule has 0 N–H and O–H groups in total. The maximum atomic E-state index is 5.91. The number of unbranched alkanes of at least 4 members (excludes halogenated alkanes) is 5. The van der Waals surface area contributed by atoms with E-state index < -0.39 is 0 Å². The van der Waals surface area contributed by atoms with E-state index in [-0.39, 0.29) is 0 Å². The van der Waals surface area contributed by atoms with Crippen LogP contribution in [0.3, 0.4) is 0 Å². The Hall–Kier alpha value is -1.30. The summed E-state index contributed by atoms with van der Waals surface area (Å²) in [7, 11) is 0. The summed E-state index contributed by atoms with van der Waals surface area (Å²) in [5.74, 6) is 6.03. The average Bonchev–Trinajstić information content (AvgIpc) is 3.75. The predicted molar refractivity (Wildman–Crippen MR) is 166 cm³/mol. The second-order valence-corrected chi connectivity index (χ2v) is 14.8. The van der Waals surface area contributed by atoms with Gasteiger partial charge in [0.15, 0.2) is 23.0 Å². The lowest BCUT2D eigenvalue weighted by Gasteiger charge is -2.16. The smallest absolute Gasteiger partial charge is 0.180 e. The largest absolute Gasteiger partial charge is 0.485 e. The summed E-state index contributed by atoms with van der Waals surface area (Å²) in [5, 5.41) is 8.55. The molecule has 0 spiro atoms. The molecular weight excluding hydrogens is 593 g/mol. The lowest BCUT2D eigenvalue weighted by atomic mass is 10.1. The van der Waals surface area contributed by atoms with E-state index in [0.29, 0.717) is 26.4 Å². The van der Waals surface area contributed by atoms with Crippen molar-refractivity contribution in [2.75, 3.05) is 37.9 Å². The minimum Gasteiger partial charge on any atom is -0.485 e. The van der Waals surface area contributed by atoms with Gasteiger partial charge in [0.05, 0.1) is 19.5 Å². The maximum absolute atomic E-state index is 5.91. The van der Waals surface area contributed by atoms with E-state index >= 15 is 0 Å². The molecule has 0 amide bonds. The fourth-order valence-corrected chi connectivity index (χ4v) is 11.1. The molecule has 4 aromatic heterocycles. The van der Waals surface area contributed by atoms with Gasteiger partial charge in [-0.15, -0.1) is 68.9 Å². The molecule has 0 radical (unpaired) electrons. The molecule has 2 aliphatic heterocycles. The molecule has 0 aromatic carbocycles. The van der Waals surface area contributed by atoms with Gasteiger partial charge in [-0.25, -0.2) is 0 Å². The molecular formula is C28H30O4S6. The van der Waals surface area contributed by atoms with Gasteiger partial charge < -0.3 is 18.9 Å². The number of fused-ring (bicyclic) bond motifs is 2. The molecule has 4 aromatic rings. The van der Waals surface area contributed by atoms with Gasteiger partial charge in [-0.2, -0.15) is 0 Å². The fraction of sp³-hybridized carbons (Fsp3) is 0.429. The van der Waals surface area contributed by atoms with Crippen LogP contribution in [0.4, 0.5) is 0 Å². The summed E-state index contributed by atoms with van der Waals surface area (Å²) >= 11 is 11.0. The van der Waals surface area contributed by atoms with E-state index in [4.69, 9.17) is 18.9 Å². The van der Waals surface area contributed by atoms with Crippen molar-refractivity contribution in [2.24, 2.45) is 0 Å². The third kappa shape index (κ3) is 6.20. The van der Waals surface area contributed by atoms with Crippen LogP contribution in [0.15, 0.2) is 43.4 Å². The van der Waals surface area contributed by atoms with Gasteiger partial charge in [-0.1, -0.05) is 25.7 Å². The predicted octanol–water partition coefficient (Wildman–Crippen LogP) is 10.0. The van der Waals surface area contributed by atoms with E-state index in [9.17, 15) is 0 Å². The summed E-state index contributed by atoms with van der Waals surface area (Å²) in [6.45, 7) is 2.57. The quantitative estimate of drug-likeness (QED) is 0.109. The van der Waals surface area contributed by atoms with Gasteiger partial charge in [0, 0.05) is 20.6 Å². The number of ether oxygens (including phenoxy) is 4. The van der Waals surface area contributed by atoms with Crippen LogP contribution in [-0.4, -0.2) is 37.9 Å². The van der Waals surface area contributed by atoms with E-state index in [2.05, 4.69) is 33.7 Å². The first kappa shape index (κ1) is 26.9. The van der Waals surface area contributed by atoms with Crippen LogP contribution in [0.25, 0.3) is 19.5 Å². The summed E-state index contributed by atoms with van der Waals surface area (Å²) in [4.78, 5) is 7.86. The second-order valence-electron chi connectivity index (χ2n) is 8.96. The van der Waals surface area contributed by atoms with Crippen LogP contribution in [0, 0.1) is 0 Å². The lowest BCUT2D eigenvalue weighted by Crippen LogP contribution is -2.14. The Bertz CT molecular complexity index is 1220. The van der Waals surface area contributed by atoms with Crippen molar-refractivity contribution in [1.29, 1.82) is 0 Å². The number of thioether (sulfide) groups is 2. The van der Waals surface area contributed by atoms with Crippen molar-refractivity contribution in [3.05, 3.63) is 33.7 Å². The Morgan fingerprint density at radius 1 is 0.526 bits per heavy atom. The number of hydrogen-bond acceptors (Lipinski definition) is 10. The molecule has 0 fully saturated rings. The van der Waals surface area contributed by atoms with Crippen molar-refractivity contribution in [2.45, 2.75) is 48.3 Å². The first-order valence-corrected chi connectivity index (χ1v) is 18.5. The molecule has 6 heterocycles. The molecule has 0 saturated heterocycles. The zero-order valence-corrected chi connectivity index (χ0v) is 25.9. The highest BCUT2D eigenvalue weighted by Crippen LogP contribution is 2.51. The van der Waals surface area contributed by atoms with Crippen molar-refractivity contribution in [1.82, 2.24) is 0 Å². The monoisotopic (exact) mass is 622 g/mol. The SMILES string of the molecule is c1cc(SCCCCCCCCSc2ccsc2-c2scc3c2OCCO3)c(-c2scc3c2OCCO3)s1. The number of hydrogen-bond donors (Lipinski definition) is 0. The highest BCUT2D eigenvalue weighted by atomic mass is 32.2. The van der Waals surface area contributed by atoms with Crippen LogP contribution in [0.1, 0.15) is 38.5 Å². The van der Waals surface area contributed by atoms with Crippen molar-refractivity contribution in [3.8, 4) is 42.5 Å². The van der Waals surface area contributed by atoms with Gasteiger partial charge in [0.1, 0.15) is 26.4 Å². The minimum atomic E-state index is 0.639. The highest BCUT2D eigenvalue weighted by Gasteiger charge is 2.23. The molecule has 0 aliphatic carbocycles.